The summed E-state index contributed by atoms with van der Waals surface area (Å²) in [5.41, 5.74) is 16.2. The Bertz CT molecular complexity index is 3790. The van der Waals surface area contributed by atoms with E-state index >= 15 is 0 Å². The molecule has 0 fully saturated rings. The average molecular weight is 891 g/mol. The fourth-order valence-corrected chi connectivity index (χ4v) is 11.7. The first-order chi connectivity index (χ1) is 34.6. The van der Waals surface area contributed by atoms with Gasteiger partial charge in [-0.25, -0.2) is 0 Å². The van der Waals surface area contributed by atoms with E-state index in [0.717, 1.165) is 6.42 Å². The van der Waals surface area contributed by atoms with Crippen molar-refractivity contribution in [2.45, 2.75) is 26.2 Å². The lowest BCUT2D eigenvalue weighted by Gasteiger charge is -2.22. The van der Waals surface area contributed by atoms with Crippen LogP contribution in [0, 0.1) is 0 Å². The quantitative estimate of drug-likeness (QED) is 0.133. The van der Waals surface area contributed by atoms with Crippen molar-refractivity contribution in [1.82, 2.24) is 0 Å². The summed E-state index contributed by atoms with van der Waals surface area (Å²) in [5, 5.41) is 14.9. The van der Waals surface area contributed by atoms with Crippen LogP contribution in [0.3, 0.4) is 0 Å². The molecule has 0 N–H and O–H groups in total. The number of rotatable bonds is 8. The first kappa shape index (κ1) is 41.6. The Labute approximate surface area is 409 Å². The van der Waals surface area contributed by atoms with Crippen molar-refractivity contribution in [3.63, 3.8) is 0 Å². The van der Waals surface area contributed by atoms with Crippen molar-refractivity contribution in [2.24, 2.45) is 0 Å². The van der Waals surface area contributed by atoms with E-state index in [0.29, 0.717) is 5.92 Å². The van der Waals surface area contributed by atoms with Crippen LogP contribution < -0.4 is 0 Å². The molecule has 0 radical (unpaired) electrons. The normalized spacial score (nSPS) is 12.1. The van der Waals surface area contributed by atoms with Crippen LogP contribution in [0.15, 0.2) is 249 Å². The molecular weight excluding hydrogens is 841 g/mol. The summed E-state index contributed by atoms with van der Waals surface area (Å²) in [5.74, 6) is 0.513. The fourth-order valence-electron chi connectivity index (χ4n) is 11.7. The molecule has 0 spiro atoms. The summed E-state index contributed by atoms with van der Waals surface area (Å²) in [6, 6.07) is 93.1. The third-order valence-electron chi connectivity index (χ3n) is 15.1. The molecule has 0 aromatic heterocycles. The van der Waals surface area contributed by atoms with Crippen LogP contribution >= 0.6 is 0 Å². The molecule has 70 heavy (non-hydrogen) atoms. The molecule has 0 aliphatic carbocycles. The Morgan fingerprint density at radius 1 is 0.229 bits per heavy atom. The van der Waals surface area contributed by atoms with E-state index < -0.39 is 0 Å². The minimum Gasteiger partial charge on any atom is -0.0648 e. The van der Waals surface area contributed by atoms with Crippen LogP contribution in [-0.2, 0) is 0 Å². The first-order valence-electron chi connectivity index (χ1n) is 24.8. The van der Waals surface area contributed by atoms with E-state index in [1.807, 2.05) is 0 Å². The molecule has 0 nitrogen and oxygen atoms in total. The zero-order valence-corrected chi connectivity index (χ0v) is 39.5. The molecule has 13 aromatic carbocycles. The van der Waals surface area contributed by atoms with Gasteiger partial charge in [-0.05, 0) is 167 Å². The van der Waals surface area contributed by atoms with Gasteiger partial charge in [0.25, 0.3) is 0 Å². The zero-order valence-electron chi connectivity index (χ0n) is 39.5. The summed E-state index contributed by atoms with van der Waals surface area (Å²) in [7, 11) is 0. The van der Waals surface area contributed by atoms with Gasteiger partial charge in [-0.1, -0.05) is 244 Å². The van der Waals surface area contributed by atoms with Crippen molar-refractivity contribution < 1.29 is 0 Å². The number of hydrogen-bond acceptors (Lipinski definition) is 0. The van der Waals surface area contributed by atoms with Crippen molar-refractivity contribution in [1.29, 1.82) is 0 Å². The lowest BCUT2D eigenvalue weighted by molar-refractivity contribution is 0.734. The number of benzene rings is 13. The van der Waals surface area contributed by atoms with E-state index in [1.54, 1.807) is 0 Å². The molecule has 0 heterocycles. The maximum Gasteiger partial charge on any atom is -0.00259 e. The summed E-state index contributed by atoms with van der Waals surface area (Å²) < 4.78 is 0. The maximum absolute atomic E-state index is 2.50. The molecule has 13 rings (SSSR count). The van der Waals surface area contributed by atoms with Gasteiger partial charge < -0.3 is 0 Å². The smallest absolute Gasteiger partial charge is 0.00259 e. The molecule has 330 valence electrons. The average Bonchev–Trinajstić information content (AvgIpc) is 3.43. The van der Waals surface area contributed by atoms with Crippen LogP contribution in [0.5, 0.6) is 0 Å². The Hall–Kier alpha value is -8.58. The van der Waals surface area contributed by atoms with Gasteiger partial charge in [0.1, 0.15) is 0 Å². The Kier molecular flexibility index (Phi) is 10.2. The van der Waals surface area contributed by atoms with Crippen molar-refractivity contribution in [3.05, 3.63) is 254 Å². The highest BCUT2D eigenvalue weighted by molar-refractivity contribution is 6.26. The molecule has 0 aliphatic heterocycles. The van der Waals surface area contributed by atoms with E-state index in [4.69, 9.17) is 0 Å². The van der Waals surface area contributed by atoms with Crippen LogP contribution in [0.1, 0.15) is 31.7 Å². The standard InChI is InChI=1S/C70H50/c1-3-45(2)46-38-40-49(41-39-46)67-57-30-14-20-36-63(57)70(64-37-21-15-31-58(64)67)52-43-50(68-59-32-16-10-26-53(59)65(47-22-6-4-7-23-47)54-27-11-17-33-60(54)68)42-51(44-52)69-61-34-18-12-28-55(61)66(48-24-8-5-9-25-48)56-29-13-19-35-62(56)69/h4-45H,3H2,1-2H3. The molecule has 0 saturated carbocycles. The molecular formula is C70H50. The van der Waals surface area contributed by atoms with Crippen LogP contribution in [0.25, 0.3) is 131 Å². The van der Waals surface area contributed by atoms with E-state index in [9.17, 15) is 0 Å². The first-order valence-corrected chi connectivity index (χ1v) is 24.8. The fraction of sp³-hybridized carbons (Fsp3) is 0.0571. The molecule has 0 saturated heterocycles. The third kappa shape index (κ3) is 6.74. The minimum atomic E-state index is 0.513. The zero-order chi connectivity index (χ0) is 46.7. The molecule has 0 heteroatoms. The molecule has 0 aliphatic rings. The number of hydrogen-bond donors (Lipinski definition) is 0. The van der Waals surface area contributed by atoms with Gasteiger partial charge >= 0.3 is 0 Å². The second-order valence-corrected chi connectivity index (χ2v) is 19.0. The highest BCUT2D eigenvalue weighted by Gasteiger charge is 2.23. The van der Waals surface area contributed by atoms with Crippen LogP contribution in [-0.4, -0.2) is 0 Å². The monoisotopic (exact) mass is 890 g/mol. The van der Waals surface area contributed by atoms with Gasteiger partial charge in [0.2, 0.25) is 0 Å². The lowest BCUT2D eigenvalue weighted by atomic mass is 9.81. The van der Waals surface area contributed by atoms with Crippen LogP contribution in [0.2, 0.25) is 0 Å². The van der Waals surface area contributed by atoms with Crippen LogP contribution in [0.4, 0.5) is 0 Å². The van der Waals surface area contributed by atoms with Gasteiger partial charge in [-0.15, -0.1) is 0 Å². The number of fused-ring (bicyclic) bond motifs is 6. The van der Waals surface area contributed by atoms with Crippen molar-refractivity contribution >= 4 is 64.6 Å². The Morgan fingerprint density at radius 2 is 0.429 bits per heavy atom. The predicted octanol–water partition coefficient (Wildman–Crippen LogP) is 20.1. The molecule has 13 aromatic rings. The minimum absolute atomic E-state index is 0.513. The van der Waals surface area contributed by atoms with E-state index in [2.05, 4.69) is 263 Å². The maximum atomic E-state index is 2.50. The molecule has 1 atom stereocenters. The lowest BCUT2D eigenvalue weighted by Crippen LogP contribution is -1.95. The summed E-state index contributed by atoms with van der Waals surface area (Å²) in [6.07, 6.45) is 1.12. The van der Waals surface area contributed by atoms with Gasteiger partial charge in [0, 0.05) is 0 Å². The van der Waals surface area contributed by atoms with Gasteiger partial charge in [0.05, 0.1) is 0 Å². The topological polar surface area (TPSA) is 0 Å². The largest absolute Gasteiger partial charge is 0.0648 e. The molecule has 0 bridgehead atoms. The van der Waals surface area contributed by atoms with Gasteiger partial charge in [-0.3, -0.25) is 0 Å². The Balaban J connectivity index is 1.18. The summed E-state index contributed by atoms with van der Waals surface area (Å²) in [6.45, 7) is 4.59. The van der Waals surface area contributed by atoms with E-state index in [1.165, 1.54) is 137 Å². The predicted molar refractivity (Wildman–Crippen MR) is 303 cm³/mol. The molecule has 1 unspecified atom stereocenters. The second kappa shape index (κ2) is 17.2. The highest BCUT2D eigenvalue weighted by Crippen LogP contribution is 2.51. The Morgan fingerprint density at radius 3 is 0.657 bits per heavy atom. The second-order valence-electron chi connectivity index (χ2n) is 19.0. The van der Waals surface area contributed by atoms with E-state index in [-0.39, 0.29) is 0 Å². The summed E-state index contributed by atoms with van der Waals surface area (Å²) >= 11 is 0. The third-order valence-corrected chi connectivity index (χ3v) is 15.1. The summed E-state index contributed by atoms with van der Waals surface area (Å²) in [4.78, 5) is 0. The molecule has 0 amide bonds. The van der Waals surface area contributed by atoms with Crippen molar-refractivity contribution in [2.75, 3.05) is 0 Å². The van der Waals surface area contributed by atoms with Gasteiger partial charge in [-0.2, -0.15) is 0 Å². The van der Waals surface area contributed by atoms with Gasteiger partial charge in [0.15, 0.2) is 0 Å². The SMILES string of the molecule is CCC(C)c1ccc(-c2c3ccccc3c(-c3cc(-c4c5ccccc5c(-c5ccccc5)c5ccccc45)cc(-c4c5ccccc5c(-c5ccccc5)c5ccccc45)c3)c3ccccc23)cc1. The van der Waals surface area contributed by atoms with Crippen molar-refractivity contribution in [3.8, 4) is 66.8 Å². The highest BCUT2D eigenvalue weighted by atomic mass is 14.3.